The molecule has 2 aliphatic rings. The number of nitrogens with zero attached hydrogens (tertiary/aromatic N) is 2. The van der Waals surface area contributed by atoms with Crippen molar-refractivity contribution in [3.63, 3.8) is 0 Å². The van der Waals surface area contributed by atoms with E-state index in [1.807, 2.05) is 11.8 Å². The molecule has 0 amide bonds. The molecule has 3 rings (SSSR count). The second-order valence-electron chi connectivity index (χ2n) is 6.94. The highest BCUT2D eigenvalue weighted by Crippen LogP contribution is 2.47. The molecule has 23 heavy (non-hydrogen) atoms. The minimum atomic E-state index is 0.0832. The Hall–Kier alpha value is -1.22. The lowest BCUT2D eigenvalue weighted by molar-refractivity contribution is -0.513. The van der Waals surface area contributed by atoms with Gasteiger partial charge in [-0.05, 0) is 25.0 Å². The summed E-state index contributed by atoms with van der Waals surface area (Å²) in [5.74, 6) is 1.22. The first kappa shape index (κ1) is 16.6. The average molecular weight is 330 g/mol. The van der Waals surface area contributed by atoms with Crippen molar-refractivity contribution < 1.29 is 4.58 Å². The van der Waals surface area contributed by atoms with Crippen LogP contribution in [0.1, 0.15) is 46.1 Å². The zero-order chi connectivity index (χ0) is 16.4. The summed E-state index contributed by atoms with van der Waals surface area (Å²) in [6.45, 7) is 12.7. The van der Waals surface area contributed by atoms with Gasteiger partial charge in [0.2, 0.25) is 5.04 Å². The summed E-state index contributed by atoms with van der Waals surface area (Å²) >= 11 is 2.01. The quantitative estimate of drug-likeness (QED) is 0.726. The number of benzene rings is 1. The molecule has 0 atom stereocenters. The Morgan fingerprint density at radius 2 is 2.04 bits per heavy atom. The third-order valence-corrected chi connectivity index (χ3v) is 6.16. The number of rotatable bonds is 5. The summed E-state index contributed by atoms with van der Waals surface area (Å²) in [6, 6.07) is 8.95. The van der Waals surface area contributed by atoms with Gasteiger partial charge in [0.1, 0.15) is 6.54 Å². The molecule has 0 fully saturated rings. The second kappa shape index (κ2) is 6.72. The van der Waals surface area contributed by atoms with Gasteiger partial charge in [0.05, 0.1) is 5.75 Å². The topological polar surface area (TPSA) is 6.25 Å². The Labute approximate surface area is 145 Å². The van der Waals surface area contributed by atoms with Gasteiger partial charge in [0.25, 0.3) is 0 Å². The standard InChI is InChI=1S/C20H29N2S/c1-5-7-12-22-17-11-9-8-10-16(17)20(3,4)18(22)15-19-21(6-2)13-14-23-19/h8-11,15H,5-7,12-14H2,1-4H3/q+1. The van der Waals surface area contributed by atoms with Crippen molar-refractivity contribution in [1.82, 2.24) is 0 Å². The first-order chi connectivity index (χ1) is 11.1. The summed E-state index contributed by atoms with van der Waals surface area (Å²) in [5, 5.41) is 1.45. The largest absolute Gasteiger partial charge is 0.344 e. The molecule has 2 heterocycles. The lowest BCUT2D eigenvalue weighted by Crippen LogP contribution is -2.28. The third-order valence-electron chi connectivity index (χ3n) is 5.10. The Bertz CT molecular complexity index is 643. The average Bonchev–Trinajstić information content (AvgIpc) is 3.08. The van der Waals surface area contributed by atoms with Crippen LogP contribution in [0.5, 0.6) is 0 Å². The van der Waals surface area contributed by atoms with Gasteiger partial charge in [0.15, 0.2) is 6.54 Å². The number of thioether (sulfide) groups is 1. The molecule has 0 unspecified atom stereocenters. The molecule has 1 aromatic rings. The van der Waals surface area contributed by atoms with E-state index < -0.39 is 0 Å². The van der Waals surface area contributed by atoms with E-state index >= 15 is 0 Å². The van der Waals surface area contributed by atoms with E-state index in [2.05, 4.69) is 67.5 Å². The molecular weight excluding hydrogens is 300 g/mol. The van der Waals surface area contributed by atoms with Crippen molar-refractivity contribution in [1.29, 1.82) is 0 Å². The van der Waals surface area contributed by atoms with E-state index in [1.54, 1.807) is 0 Å². The first-order valence-corrected chi connectivity index (χ1v) is 9.92. The van der Waals surface area contributed by atoms with E-state index in [4.69, 9.17) is 0 Å². The minimum Gasteiger partial charge on any atom is -0.344 e. The van der Waals surface area contributed by atoms with Gasteiger partial charge in [-0.2, -0.15) is 0 Å². The van der Waals surface area contributed by atoms with E-state index in [0.29, 0.717) is 0 Å². The van der Waals surface area contributed by atoms with Gasteiger partial charge in [0, 0.05) is 29.4 Å². The summed E-state index contributed by atoms with van der Waals surface area (Å²) < 4.78 is 2.51. The third kappa shape index (κ3) is 2.96. The lowest BCUT2D eigenvalue weighted by atomic mass is 9.84. The summed E-state index contributed by atoms with van der Waals surface area (Å²) in [4.78, 5) is 2.57. The molecule has 2 nitrogen and oxygen atoms in total. The molecule has 0 saturated carbocycles. The normalized spacial score (nSPS) is 21.4. The number of para-hydroxylation sites is 1. The zero-order valence-electron chi connectivity index (χ0n) is 14.9. The molecule has 0 N–H and O–H groups in total. The van der Waals surface area contributed by atoms with E-state index in [-0.39, 0.29) is 5.41 Å². The Morgan fingerprint density at radius 3 is 2.78 bits per heavy atom. The van der Waals surface area contributed by atoms with Gasteiger partial charge >= 0.3 is 0 Å². The van der Waals surface area contributed by atoms with Crippen LogP contribution >= 0.6 is 11.8 Å². The molecule has 0 aromatic heterocycles. The molecule has 2 aliphatic heterocycles. The highest BCUT2D eigenvalue weighted by Gasteiger charge is 2.40. The summed E-state index contributed by atoms with van der Waals surface area (Å²) in [6.07, 6.45) is 4.94. The number of anilines is 1. The number of hydrogen-bond acceptors (Lipinski definition) is 2. The molecule has 0 saturated heterocycles. The molecule has 0 aliphatic carbocycles. The Balaban J connectivity index is 2.06. The molecular formula is C20H29N2S+. The van der Waals surface area contributed by atoms with Gasteiger partial charge in [-0.15, -0.1) is 0 Å². The van der Waals surface area contributed by atoms with E-state index in [9.17, 15) is 0 Å². The van der Waals surface area contributed by atoms with E-state index in [0.717, 1.165) is 13.1 Å². The Kier molecular flexibility index (Phi) is 4.86. The molecule has 3 heteroatoms. The maximum Gasteiger partial charge on any atom is 0.236 e. The second-order valence-corrected chi connectivity index (χ2v) is 8.06. The fourth-order valence-electron chi connectivity index (χ4n) is 3.68. The highest BCUT2D eigenvalue weighted by molar-refractivity contribution is 8.14. The maximum absolute atomic E-state index is 2.57. The van der Waals surface area contributed by atoms with E-state index in [1.165, 1.54) is 47.1 Å². The molecule has 0 bridgehead atoms. The fraction of sp³-hybridized carbons (Fsp3) is 0.550. The van der Waals surface area contributed by atoms with Crippen LogP contribution in [0.25, 0.3) is 0 Å². The predicted molar refractivity (Wildman–Crippen MR) is 103 cm³/mol. The zero-order valence-corrected chi connectivity index (χ0v) is 15.7. The molecule has 124 valence electrons. The lowest BCUT2D eigenvalue weighted by Gasteiger charge is -2.26. The maximum atomic E-state index is 2.57. The number of allylic oxidation sites excluding steroid dienone is 1. The van der Waals surface area contributed by atoms with Crippen molar-refractivity contribution >= 4 is 22.5 Å². The van der Waals surface area contributed by atoms with Crippen LogP contribution < -0.4 is 4.90 Å². The number of unbranched alkanes of at least 4 members (excludes halogenated alkanes) is 1. The van der Waals surface area contributed by atoms with Crippen LogP contribution in [-0.4, -0.2) is 35.0 Å². The van der Waals surface area contributed by atoms with Crippen LogP contribution in [0.15, 0.2) is 36.0 Å². The van der Waals surface area contributed by atoms with Crippen molar-refractivity contribution in [2.45, 2.75) is 46.0 Å². The van der Waals surface area contributed by atoms with Crippen LogP contribution in [0, 0.1) is 0 Å². The molecule has 0 spiro atoms. The molecule has 1 aromatic carbocycles. The first-order valence-electron chi connectivity index (χ1n) is 8.93. The van der Waals surface area contributed by atoms with Crippen LogP contribution in [-0.2, 0) is 5.41 Å². The van der Waals surface area contributed by atoms with Gasteiger partial charge in [-0.25, -0.2) is 4.58 Å². The SMILES string of the molecule is CCCCN1C(=CC2=[N+](CC)CCS2)C(C)(C)c2ccccc21. The van der Waals surface area contributed by atoms with Gasteiger partial charge in [-0.1, -0.05) is 57.2 Å². The van der Waals surface area contributed by atoms with Crippen molar-refractivity contribution in [2.75, 3.05) is 30.3 Å². The van der Waals surface area contributed by atoms with Crippen LogP contribution in [0.3, 0.4) is 0 Å². The Morgan fingerprint density at radius 1 is 1.26 bits per heavy atom. The van der Waals surface area contributed by atoms with Crippen LogP contribution in [0.2, 0.25) is 0 Å². The van der Waals surface area contributed by atoms with Crippen LogP contribution in [0.4, 0.5) is 5.69 Å². The predicted octanol–water partition coefficient (Wildman–Crippen LogP) is 4.65. The smallest absolute Gasteiger partial charge is 0.236 e. The summed E-state index contributed by atoms with van der Waals surface area (Å²) in [7, 11) is 0. The number of hydrogen-bond donors (Lipinski definition) is 0. The fourth-order valence-corrected chi connectivity index (χ4v) is 4.80. The highest BCUT2D eigenvalue weighted by atomic mass is 32.2. The van der Waals surface area contributed by atoms with Crippen molar-refractivity contribution in [2.24, 2.45) is 0 Å². The molecule has 0 radical (unpaired) electrons. The minimum absolute atomic E-state index is 0.0832. The van der Waals surface area contributed by atoms with Crippen molar-refractivity contribution in [3.05, 3.63) is 41.6 Å². The van der Waals surface area contributed by atoms with Gasteiger partial charge in [-0.3, -0.25) is 0 Å². The number of fused-ring (bicyclic) bond motifs is 1. The van der Waals surface area contributed by atoms with Gasteiger partial charge < -0.3 is 4.90 Å². The summed E-state index contributed by atoms with van der Waals surface area (Å²) in [5.41, 5.74) is 4.42. The monoisotopic (exact) mass is 329 g/mol. The van der Waals surface area contributed by atoms with Crippen molar-refractivity contribution in [3.8, 4) is 0 Å².